The minimum atomic E-state index is 0.136. The molecular formula is C18H30N2O. The van der Waals surface area contributed by atoms with Crippen LogP contribution in [0.5, 0.6) is 5.75 Å². The fourth-order valence-corrected chi connectivity index (χ4v) is 3.28. The van der Waals surface area contributed by atoms with Gasteiger partial charge in [-0.1, -0.05) is 39.8 Å². The van der Waals surface area contributed by atoms with Crippen LogP contribution in [0.4, 0.5) is 0 Å². The highest BCUT2D eigenvalue weighted by Crippen LogP contribution is 2.40. The molecule has 3 heteroatoms. The molecule has 1 aliphatic rings. The van der Waals surface area contributed by atoms with Crippen LogP contribution in [-0.4, -0.2) is 35.7 Å². The second-order valence-electron chi connectivity index (χ2n) is 7.29. The Morgan fingerprint density at radius 1 is 1.43 bits per heavy atom. The number of piperidine rings is 1. The lowest BCUT2D eigenvalue weighted by Gasteiger charge is -2.46. The standard InChI is InChI=1S/C18H30N2O/c1-13(2)17(19)12-20-9-8-18(4,14(3)11-20)15-6-5-7-16(21)10-15/h5-7,10,13-14,17,21H,8-9,11-12,19H2,1-4H3/t14-,17+,18+/m0/s1. The van der Waals surface area contributed by atoms with Crippen LogP contribution in [0.15, 0.2) is 24.3 Å². The Bertz CT molecular complexity index is 474. The van der Waals surface area contributed by atoms with E-state index < -0.39 is 0 Å². The lowest BCUT2D eigenvalue weighted by atomic mass is 9.68. The molecule has 1 saturated heterocycles. The molecule has 3 nitrogen and oxygen atoms in total. The van der Waals surface area contributed by atoms with E-state index in [9.17, 15) is 5.11 Å². The van der Waals surface area contributed by atoms with Gasteiger partial charge >= 0.3 is 0 Å². The van der Waals surface area contributed by atoms with Crippen molar-refractivity contribution in [2.24, 2.45) is 17.6 Å². The first-order valence-electron chi connectivity index (χ1n) is 8.10. The molecule has 0 aliphatic carbocycles. The van der Waals surface area contributed by atoms with E-state index in [1.165, 1.54) is 5.56 Å². The lowest BCUT2D eigenvalue weighted by Crippen LogP contribution is -2.51. The van der Waals surface area contributed by atoms with E-state index in [1.54, 1.807) is 6.07 Å². The summed E-state index contributed by atoms with van der Waals surface area (Å²) in [6.07, 6.45) is 1.11. The Hall–Kier alpha value is -1.06. The fraction of sp³-hybridized carbons (Fsp3) is 0.667. The van der Waals surface area contributed by atoms with Crippen LogP contribution in [0.2, 0.25) is 0 Å². The second-order valence-corrected chi connectivity index (χ2v) is 7.29. The Morgan fingerprint density at radius 2 is 2.14 bits per heavy atom. The summed E-state index contributed by atoms with van der Waals surface area (Å²) >= 11 is 0. The molecule has 1 heterocycles. The third-order valence-corrected chi connectivity index (χ3v) is 5.40. The number of benzene rings is 1. The molecule has 1 aliphatic heterocycles. The molecule has 3 N–H and O–H groups in total. The van der Waals surface area contributed by atoms with Gasteiger partial charge in [-0.05, 0) is 47.9 Å². The molecule has 0 aromatic heterocycles. The number of hydrogen-bond acceptors (Lipinski definition) is 3. The number of nitrogens with two attached hydrogens (primary N) is 1. The number of phenolic OH excluding ortho intramolecular Hbond substituents is 1. The van der Waals surface area contributed by atoms with Gasteiger partial charge in [0.1, 0.15) is 5.75 Å². The average molecular weight is 290 g/mol. The highest BCUT2D eigenvalue weighted by atomic mass is 16.3. The van der Waals surface area contributed by atoms with Crippen molar-refractivity contribution in [2.45, 2.75) is 45.6 Å². The first-order valence-corrected chi connectivity index (χ1v) is 8.10. The van der Waals surface area contributed by atoms with Crippen LogP contribution in [-0.2, 0) is 5.41 Å². The molecule has 1 aromatic carbocycles. The first-order chi connectivity index (χ1) is 9.83. The zero-order chi connectivity index (χ0) is 15.6. The maximum Gasteiger partial charge on any atom is 0.115 e. The van der Waals surface area contributed by atoms with Gasteiger partial charge in [-0.2, -0.15) is 0 Å². The van der Waals surface area contributed by atoms with E-state index >= 15 is 0 Å². The number of phenols is 1. The smallest absolute Gasteiger partial charge is 0.115 e. The van der Waals surface area contributed by atoms with Gasteiger partial charge in [0.05, 0.1) is 0 Å². The quantitative estimate of drug-likeness (QED) is 0.896. The SMILES string of the molecule is CC(C)[C@H](N)CN1CC[C@@](C)(c2cccc(O)c2)[C@@H](C)C1. The first kappa shape index (κ1) is 16.3. The predicted octanol–water partition coefficient (Wildman–Crippen LogP) is 2.98. The van der Waals surface area contributed by atoms with Gasteiger partial charge in [-0.15, -0.1) is 0 Å². The number of rotatable bonds is 4. The normalized spacial score (nSPS) is 28.8. The summed E-state index contributed by atoms with van der Waals surface area (Å²) in [6, 6.07) is 8.01. The number of aromatic hydroxyl groups is 1. The zero-order valence-corrected chi connectivity index (χ0v) is 13.8. The summed E-state index contributed by atoms with van der Waals surface area (Å²) < 4.78 is 0. The average Bonchev–Trinajstić information content (AvgIpc) is 2.43. The molecule has 0 saturated carbocycles. The Balaban J connectivity index is 2.06. The molecule has 0 unspecified atom stereocenters. The molecule has 1 aromatic rings. The van der Waals surface area contributed by atoms with Crippen molar-refractivity contribution in [1.29, 1.82) is 0 Å². The lowest BCUT2D eigenvalue weighted by molar-refractivity contribution is 0.101. The van der Waals surface area contributed by atoms with E-state index in [1.807, 2.05) is 12.1 Å². The summed E-state index contributed by atoms with van der Waals surface area (Å²) in [5.74, 6) is 1.44. The molecule has 0 spiro atoms. The van der Waals surface area contributed by atoms with E-state index in [4.69, 9.17) is 5.73 Å². The van der Waals surface area contributed by atoms with Crippen molar-refractivity contribution in [1.82, 2.24) is 4.90 Å². The van der Waals surface area contributed by atoms with Crippen LogP contribution in [0.3, 0.4) is 0 Å². The number of nitrogens with zero attached hydrogens (tertiary/aromatic N) is 1. The van der Waals surface area contributed by atoms with Gasteiger partial charge < -0.3 is 15.7 Å². The van der Waals surface area contributed by atoms with Gasteiger partial charge in [0.25, 0.3) is 0 Å². The van der Waals surface area contributed by atoms with Gasteiger partial charge in [0, 0.05) is 19.1 Å². The Kier molecular flexibility index (Phi) is 4.95. The van der Waals surface area contributed by atoms with Crippen LogP contribution in [0.25, 0.3) is 0 Å². The van der Waals surface area contributed by atoms with Crippen LogP contribution in [0, 0.1) is 11.8 Å². The van der Waals surface area contributed by atoms with Crippen LogP contribution in [0.1, 0.15) is 39.7 Å². The largest absolute Gasteiger partial charge is 0.508 e. The third kappa shape index (κ3) is 3.58. The van der Waals surface area contributed by atoms with Crippen molar-refractivity contribution in [3.63, 3.8) is 0 Å². The monoisotopic (exact) mass is 290 g/mol. The molecule has 3 atom stereocenters. The van der Waals surface area contributed by atoms with Crippen LogP contribution >= 0.6 is 0 Å². The van der Waals surface area contributed by atoms with Crippen LogP contribution < -0.4 is 5.73 Å². The van der Waals surface area contributed by atoms with Gasteiger partial charge in [0.2, 0.25) is 0 Å². The highest BCUT2D eigenvalue weighted by Gasteiger charge is 2.38. The third-order valence-electron chi connectivity index (χ3n) is 5.40. The van der Waals surface area contributed by atoms with Crippen molar-refractivity contribution in [3.8, 4) is 5.75 Å². The molecule has 0 amide bonds. The van der Waals surface area contributed by atoms with E-state index in [0.29, 0.717) is 17.6 Å². The maximum atomic E-state index is 9.75. The summed E-state index contributed by atoms with van der Waals surface area (Å²) in [4.78, 5) is 2.50. The summed E-state index contributed by atoms with van der Waals surface area (Å²) in [7, 11) is 0. The fourth-order valence-electron chi connectivity index (χ4n) is 3.28. The molecule has 21 heavy (non-hydrogen) atoms. The number of hydrogen-bond donors (Lipinski definition) is 2. The molecule has 0 radical (unpaired) electrons. The molecule has 118 valence electrons. The maximum absolute atomic E-state index is 9.75. The Labute approximate surface area is 129 Å². The van der Waals surface area contributed by atoms with Gasteiger partial charge in [0.15, 0.2) is 0 Å². The summed E-state index contributed by atoms with van der Waals surface area (Å²) in [6.45, 7) is 12.2. The summed E-state index contributed by atoms with van der Waals surface area (Å²) in [5, 5.41) is 9.75. The van der Waals surface area contributed by atoms with Gasteiger partial charge in [-0.25, -0.2) is 0 Å². The molecular weight excluding hydrogens is 260 g/mol. The van der Waals surface area contributed by atoms with E-state index in [2.05, 4.69) is 38.7 Å². The topological polar surface area (TPSA) is 49.5 Å². The molecule has 2 rings (SSSR count). The predicted molar refractivity (Wildman–Crippen MR) is 88.5 cm³/mol. The zero-order valence-electron chi connectivity index (χ0n) is 13.8. The molecule has 0 bridgehead atoms. The minimum Gasteiger partial charge on any atom is -0.508 e. The minimum absolute atomic E-state index is 0.136. The number of likely N-dealkylation sites (tertiary alicyclic amines) is 1. The highest BCUT2D eigenvalue weighted by molar-refractivity contribution is 5.33. The Morgan fingerprint density at radius 3 is 2.71 bits per heavy atom. The van der Waals surface area contributed by atoms with Crippen molar-refractivity contribution in [2.75, 3.05) is 19.6 Å². The summed E-state index contributed by atoms with van der Waals surface area (Å²) in [5.41, 5.74) is 7.61. The molecule has 1 fully saturated rings. The van der Waals surface area contributed by atoms with E-state index in [-0.39, 0.29) is 11.5 Å². The van der Waals surface area contributed by atoms with Crippen molar-refractivity contribution >= 4 is 0 Å². The van der Waals surface area contributed by atoms with E-state index in [0.717, 1.165) is 26.1 Å². The van der Waals surface area contributed by atoms with Crippen molar-refractivity contribution < 1.29 is 5.11 Å². The second kappa shape index (κ2) is 6.37. The van der Waals surface area contributed by atoms with Gasteiger partial charge in [-0.3, -0.25) is 0 Å². The van der Waals surface area contributed by atoms with Crippen molar-refractivity contribution in [3.05, 3.63) is 29.8 Å².